The number of nitrogens with one attached hydrogen (secondary N) is 1. The summed E-state index contributed by atoms with van der Waals surface area (Å²) < 4.78 is 5.20. The highest BCUT2D eigenvalue weighted by molar-refractivity contribution is 6.03. The van der Waals surface area contributed by atoms with Crippen molar-refractivity contribution in [3.63, 3.8) is 0 Å². The van der Waals surface area contributed by atoms with E-state index in [0.29, 0.717) is 29.9 Å². The van der Waals surface area contributed by atoms with Crippen LogP contribution >= 0.6 is 0 Å². The van der Waals surface area contributed by atoms with Crippen LogP contribution in [0.5, 0.6) is 0 Å². The van der Waals surface area contributed by atoms with Gasteiger partial charge in [-0.1, -0.05) is 11.8 Å². The molecular weight excluding hydrogens is 448 g/mol. The van der Waals surface area contributed by atoms with E-state index in [0.717, 1.165) is 18.5 Å². The van der Waals surface area contributed by atoms with Gasteiger partial charge in [-0.25, -0.2) is 9.79 Å². The van der Waals surface area contributed by atoms with Crippen LogP contribution in [0.4, 0.5) is 10.5 Å². The van der Waals surface area contributed by atoms with Crippen molar-refractivity contribution >= 4 is 29.9 Å². The van der Waals surface area contributed by atoms with Crippen molar-refractivity contribution in [3.05, 3.63) is 41.3 Å². The van der Waals surface area contributed by atoms with Crippen LogP contribution < -0.4 is 10.2 Å². The Morgan fingerprint density at radius 2 is 2.03 bits per heavy atom. The van der Waals surface area contributed by atoms with E-state index in [1.165, 1.54) is 4.90 Å². The van der Waals surface area contributed by atoms with Gasteiger partial charge < -0.3 is 25.0 Å². The molecule has 1 aromatic rings. The topological polar surface area (TPSA) is 112 Å². The van der Waals surface area contributed by atoms with Gasteiger partial charge in [-0.3, -0.25) is 9.59 Å². The van der Waals surface area contributed by atoms with E-state index in [2.05, 4.69) is 22.2 Å². The zero-order chi connectivity index (χ0) is 25.6. The van der Waals surface area contributed by atoms with E-state index in [9.17, 15) is 14.4 Å². The normalized spacial score (nSPS) is 16.5. The zero-order valence-corrected chi connectivity index (χ0v) is 20.6. The van der Waals surface area contributed by atoms with E-state index in [1.807, 2.05) is 44.7 Å². The number of fused-ring (bicyclic) bond motifs is 3. The van der Waals surface area contributed by atoms with Gasteiger partial charge in [0.05, 0.1) is 29.9 Å². The third kappa shape index (κ3) is 7.09. The first kappa shape index (κ1) is 25.8. The fraction of sp³-hybridized carbons (Fsp3) is 0.462. The summed E-state index contributed by atoms with van der Waals surface area (Å²) in [6, 6.07) is 5.46. The van der Waals surface area contributed by atoms with Crippen molar-refractivity contribution in [3.8, 4) is 11.8 Å². The number of rotatable bonds is 7. The Kier molecular flexibility index (Phi) is 8.18. The molecule has 3 rings (SSSR count). The van der Waals surface area contributed by atoms with E-state index in [1.54, 1.807) is 18.5 Å². The van der Waals surface area contributed by atoms with Crippen LogP contribution in [0.15, 0.2) is 35.2 Å². The first-order valence-electron chi connectivity index (χ1n) is 11.7. The van der Waals surface area contributed by atoms with E-state index in [4.69, 9.17) is 9.84 Å². The monoisotopic (exact) mass is 480 g/mol. The summed E-state index contributed by atoms with van der Waals surface area (Å²) >= 11 is 0. The van der Waals surface area contributed by atoms with Gasteiger partial charge in [0.2, 0.25) is 0 Å². The summed E-state index contributed by atoms with van der Waals surface area (Å²) in [6.07, 6.45) is 5.06. The van der Waals surface area contributed by atoms with Gasteiger partial charge in [0.15, 0.2) is 0 Å². The quantitative estimate of drug-likeness (QED) is 0.454. The molecule has 0 saturated carbocycles. The maximum atomic E-state index is 13.2. The molecule has 0 spiro atoms. The van der Waals surface area contributed by atoms with Crippen molar-refractivity contribution in [1.82, 2.24) is 10.2 Å². The second-order valence-corrected chi connectivity index (χ2v) is 9.44. The van der Waals surface area contributed by atoms with Crippen LogP contribution in [0.3, 0.4) is 0 Å². The molecule has 0 aliphatic carbocycles. The van der Waals surface area contributed by atoms with Crippen LogP contribution in [0.2, 0.25) is 0 Å². The number of carboxylic acids is 1. The number of alkyl carbamates (subject to hydrolysis) is 1. The average Bonchev–Trinajstić information content (AvgIpc) is 3.08. The molecule has 9 nitrogen and oxygen atoms in total. The molecule has 0 aromatic heterocycles. The van der Waals surface area contributed by atoms with Crippen LogP contribution in [0.25, 0.3) is 0 Å². The first-order chi connectivity index (χ1) is 16.5. The highest BCUT2D eigenvalue weighted by atomic mass is 16.6. The fourth-order valence-corrected chi connectivity index (χ4v) is 3.70. The second kappa shape index (κ2) is 11.1. The maximum absolute atomic E-state index is 13.2. The van der Waals surface area contributed by atoms with Gasteiger partial charge in [0.1, 0.15) is 11.4 Å². The van der Waals surface area contributed by atoms with E-state index in [-0.39, 0.29) is 24.9 Å². The Morgan fingerprint density at radius 3 is 2.74 bits per heavy atom. The number of anilines is 1. The number of hydrogen-bond donors (Lipinski definition) is 2. The highest BCUT2D eigenvalue weighted by Crippen LogP contribution is 2.34. The minimum atomic E-state index is -0.971. The minimum Gasteiger partial charge on any atom is -0.481 e. The SMILES string of the molecule is CC1C=NC2=CN(CCC(=O)O)C(=O)c3cc(C#CCCCCNC(=O)OC(C)(C)C)ccc3N21. The number of amides is 2. The molecule has 1 aromatic carbocycles. The van der Waals surface area contributed by atoms with E-state index >= 15 is 0 Å². The lowest BCUT2D eigenvalue weighted by Crippen LogP contribution is -2.32. The zero-order valence-electron chi connectivity index (χ0n) is 20.6. The molecule has 2 N–H and O–H groups in total. The van der Waals surface area contributed by atoms with Gasteiger partial charge in [0.25, 0.3) is 5.91 Å². The third-order valence-electron chi connectivity index (χ3n) is 5.29. The number of nitrogens with zero attached hydrogens (tertiary/aromatic N) is 3. The molecule has 35 heavy (non-hydrogen) atoms. The largest absolute Gasteiger partial charge is 0.481 e. The van der Waals surface area contributed by atoms with Crippen molar-refractivity contribution in [1.29, 1.82) is 0 Å². The molecule has 0 saturated heterocycles. The molecule has 2 aliphatic rings. The number of benzene rings is 1. The first-order valence-corrected chi connectivity index (χ1v) is 11.7. The molecule has 2 heterocycles. The summed E-state index contributed by atoms with van der Waals surface area (Å²) in [6.45, 7) is 8.02. The molecule has 1 unspecified atom stereocenters. The number of carbonyl (C=O) groups is 3. The Hall–Kier alpha value is -3.80. The molecule has 2 amide bonds. The molecular formula is C26H32N4O5. The molecule has 0 fully saturated rings. The molecule has 1 atom stereocenters. The van der Waals surface area contributed by atoms with E-state index < -0.39 is 17.7 Å². The Balaban J connectivity index is 1.64. The summed E-state index contributed by atoms with van der Waals surface area (Å²) in [4.78, 5) is 43.7. The van der Waals surface area contributed by atoms with Crippen molar-refractivity contribution in [2.24, 2.45) is 4.99 Å². The van der Waals surface area contributed by atoms with Crippen LogP contribution in [-0.4, -0.2) is 58.9 Å². The number of aliphatic carboxylic acids is 1. The average molecular weight is 481 g/mol. The number of hydrogen-bond acceptors (Lipinski definition) is 6. The van der Waals surface area contributed by atoms with Gasteiger partial charge in [0, 0.05) is 31.3 Å². The van der Waals surface area contributed by atoms with Crippen LogP contribution in [0, 0.1) is 11.8 Å². The summed E-state index contributed by atoms with van der Waals surface area (Å²) in [5, 5.41) is 11.8. The Morgan fingerprint density at radius 1 is 1.26 bits per heavy atom. The van der Waals surface area contributed by atoms with Gasteiger partial charge in [-0.05, 0) is 58.7 Å². The second-order valence-electron chi connectivity index (χ2n) is 9.44. The molecule has 0 radical (unpaired) electrons. The van der Waals surface area contributed by atoms with Crippen molar-refractivity contribution < 1.29 is 24.2 Å². The summed E-state index contributed by atoms with van der Waals surface area (Å²) in [7, 11) is 0. The lowest BCUT2D eigenvalue weighted by Gasteiger charge is -2.23. The smallest absolute Gasteiger partial charge is 0.407 e. The predicted octanol–water partition coefficient (Wildman–Crippen LogP) is 3.74. The third-order valence-corrected chi connectivity index (χ3v) is 5.29. The molecule has 9 heteroatoms. The number of carboxylic acid groups (broad SMARTS) is 1. The van der Waals surface area contributed by atoms with Crippen molar-refractivity contribution in [2.75, 3.05) is 18.0 Å². The fourth-order valence-electron chi connectivity index (χ4n) is 3.70. The Labute approximate surface area is 205 Å². The molecule has 186 valence electrons. The number of aliphatic imine (C=N–C) groups is 1. The standard InChI is InChI=1S/C26H32N4O5/c1-18-16-28-22-17-29(14-12-23(31)32)24(33)20-15-19(10-11-21(20)30(18)22)9-7-5-6-8-13-27-25(34)35-26(2,3)4/h10-11,15-18H,5-6,8,12-14H2,1-4H3,(H,27,34)(H,31,32). The summed E-state index contributed by atoms with van der Waals surface area (Å²) in [5.41, 5.74) is 1.38. The van der Waals surface area contributed by atoms with Crippen LogP contribution in [0.1, 0.15) is 69.3 Å². The Bertz CT molecular complexity index is 1110. The molecule has 0 bridgehead atoms. The van der Waals surface area contributed by atoms with Gasteiger partial charge in [-0.15, -0.1) is 0 Å². The maximum Gasteiger partial charge on any atom is 0.407 e. The number of carbonyl (C=O) groups excluding carboxylic acids is 2. The van der Waals surface area contributed by atoms with Gasteiger partial charge >= 0.3 is 12.1 Å². The van der Waals surface area contributed by atoms with Crippen molar-refractivity contribution in [2.45, 2.75) is 65.0 Å². The van der Waals surface area contributed by atoms with Crippen LogP contribution in [-0.2, 0) is 9.53 Å². The summed E-state index contributed by atoms with van der Waals surface area (Å²) in [5.74, 6) is 5.59. The predicted molar refractivity (Wildman–Crippen MR) is 133 cm³/mol. The lowest BCUT2D eigenvalue weighted by molar-refractivity contribution is -0.137. The minimum absolute atomic E-state index is 0.0292. The molecule has 2 aliphatic heterocycles. The number of ether oxygens (including phenoxy) is 1. The van der Waals surface area contributed by atoms with Gasteiger partial charge in [-0.2, -0.15) is 0 Å². The lowest BCUT2D eigenvalue weighted by atomic mass is 10.1. The number of unbranched alkanes of at least 4 members (excludes halogenated alkanes) is 2. The highest BCUT2D eigenvalue weighted by Gasteiger charge is 2.32.